The zero-order valence-electron chi connectivity index (χ0n) is 13.4. The number of hydrogen-bond acceptors (Lipinski definition) is 6. The Labute approximate surface area is 129 Å². The molecule has 0 atom stereocenters. The van der Waals surface area contributed by atoms with E-state index in [0.717, 1.165) is 16.7 Å². The number of aromatic nitrogens is 5. The smallest absolute Gasteiger partial charge is 0.216 e. The fourth-order valence-corrected chi connectivity index (χ4v) is 2.43. The first kappa shape index (κ1) is 15.8. The van der Waals surface area contributed by atoms with Gasteiger partial charge in [-0.25, -0.2) is 14.6 Å². The molecule has 2 N–H and O–H groups in total. The Hall–Kier alpha value is -1.63. The van der Waals surface area contributed by atoms with E-state index < -0.39 is 0 Å². The first-order chi connectivity index (χ1) is 9.59. The summed E-state index contributed by atoms with van der Waals surface area (Å²) in [6.07, 6.45) is 1.76. The largest absolute Gasteiger partial charge is 0.336 e. The molecule has 6 nitrogen and oxygen atoms in total. The van der Waals surface area contributed by atoms with Gasteiger partial charge in [-0.2, -0.15) is 0 Å². The highest BCUT2D eigenvalue weighted by molar-refractivity contribution is 7.99. The molecule has 0 radical (unpaired) electrons. The normalized spacial score (nSPS) is 12.7. The predicted molar refractivity (Wildman–Crippen MR) is 83.7 cm³/mol. The van der Waals surface area contributed by atoms with E-state index in [0.29, 0.717) is 5.16 Å². The Balaban J connectivity index is 2.30. The van der Waals surface area contributed by atoms with Crippen molar-refractivity contribution in [3.63, 3.8) is 0 Å². The van der Waals surface area contributed by atoms with Crippen LogP contribution in [-0.2, 0) is 10.8 Å². The Morgan fingerprint density at radius 2 is 1.71 bits per heavy atom. The first-order valence-electron chi connectivity index (χ1n) is 6.81. The molecule has 2 aromatic heterocycles. The van der Waals surface area contributed by atoms with Crippen LogP contribution >= 0.6 is 11.8 Å². The lowest BCUT2D eigenvalue weighted by molar-refractivity contribution is 0.523. The number of nitrogen functional groups attached to an aromatic ring is 1. The summed E-state index contributed by atoms with van der Waals surface area (Å²) in [6, 6.07) is 1.85. The van der Waals surface area contributed by atoms with Gasteiger partial charge in [0, 0.05) is 17.0 Å². The van der Waals surface area contributed by atoms with Gasteiger partial charge < -0.3 is 5.84 Å². The lowest BCUT2D eigenvalue weighted by Gasteiger charge is -2.17. The third-order valence-corrected chi connectivity index (χ3v) is 3.73. The first-order valence-corrected chi connectivity index (χ1v) is 7.63. The Morgan fingerprint density at radius 1 is 1.05 bits per heavy atom. The van der Waals surface area contributed by atoms with Crippen LogP contribution in [0.25, 0.3) is 0 Å². The maximum Gasteiger partial charge on any atom is 0.216 e. The lowest BCUT2D eigenvalue weighted by atomic mass is 9.96. The van der Waals surface area contributed by atoms with Crippen molar-refractivity contribution in [2.75, 3.05) is 5.84 Å². The lowest BCUT2D eigenvalue weighted by Crippen LogP contribution is -2.24. The summed E-state index contributed by atoms with van der Waals surface area (Å²) in [5, 5.41) is 9.78. The Kier molecular flexibility index (Phi) is 3.97. The average molecular weight is 306 g/mol. The molecule has 2 heterocycles. The van der Waals surface area contributed by atoms with E-state index in [1.165, 1.54) is 16.4 Å². The highest BCUT2D eigenvalue weighted by Gasteiger charge is 2.24. The molecule has 7 heteroatoms. The van der Waals surface area contributed by atoms with Crippen LogP contribution in [-0.4, -0.2) is 24.8 Å². The molecule has 0 amide bonds. The van der Waals surface area contributed by atoms with Crippen molar-refractivity contribution in [2.24, 2.45) is 0 Å². The molecule has 0 aliphatic rings. The fraction of sp³-hybridized carbons (Fsp3) is 0.571. The maximum absolute atomic E-state index is 6.09. The summed E-state index contributed by atoms with van der Waals surface area (Å²) >= 11 is 1.39. The van der Waals surface area contributed by atoms with Gasteiger partial charge in [0.2, 0.25) is 5.16 Å². The van der Waals surface area contributed by atoms with E-state index in [1.54, 1.807) is 6.20 Å². The zero-order valence-corrected chi connectivity index (χ0v) is 14.2. The summed E-state index contributed by atoms with van der Waals surface area (Å²) in [7, 11) is 0. The molecular formula is C14H22N6S. The van der Waals surface area contributed by atoms with Crippen LogP contribution < -0.4 is 5.84 Å². The Bertz CT molecular complexity index is 636. The third kappa shape index (κ3) is 3.53. The second kappa shape index (κ2) is 5.29. The molecule has 114 valence electrons. The minimum Gasteiger partial charge on any atom is -0.336 e. The van der Waals surface area contributed by atoms with Crippen LogP contribution in [0.15, 0.2) is 22.4 Å². The molecule has 0 aliphatic carbocycles. The van der Waals surface area contributed by atoms with Crippen molar-refractivity contribution < 1.29 is 0 Å². The van der Waals surface area contributed by atoms with Gasteiger partial charge in [-0.1, -0.05) is 41.5 Å². The quantitative estimate of drug-likeness (QED) is 0.678. The van der Waals surface area contributed by atoms with Gasteiger partial charge in [0.1, 0.15) is 10.9 Å². The van der Waals surface area contributed by atoms with Crippen molar-refractivity contribution in [3.8, 4) is 0 Å². The molecule has 2 aromatic rings. The second-order valence-electron chi connectivity index (χ2n) is 7.00. The molecule has 21 heavy (non-hydrogen) atoms. The monoisotopic (exact) mass is 306 g/mol. The zero-order chi connectivity index (χ0) is 15.8. The molecule has 0 aliphatic heterocycles. The molecule has 0 saturated carbocycles. The molecule has 0 bridgehead atoms. The van der Waals surface area contributed by atoms with Crippen molar-refractivity contribution in [3.05, 3.63) is 23.9 Å². The summed E-state index contributed by atoms with van der Waals surface area (Å²) < 4.78 is 1.53. The maximum atomic E-state index is 6.09. The topological polar surface area (TPSA) is 82.5 Å². The molecule has 0 fully saturated rings. The van der Waals surface area contributed by atoms with E-state index >= 15 is 0 Å². The molecule has 0 unspecified atom stereocenters. The summed E-state index contributed by atoms with van der Waals surface area (Å²) in [5.74, 6) is 7.63. The van der Waals surface area contributed by atoms with Crippen molar-refractivity contribution in [2.45, 2.75) is 62.6 Å². The van der Waals surface area contributed by atoms with Gasteiger partial charge in [0.15, 0.2) is 5.82 Å². The molecule has 2 rings (SSSR count). The summed E-state index contributed by atoms with van der Waals surface area (Å²) in [5.41, 5.74) is -0.244. The van der Waals surface area contributed by atoms with E-state index in [4.69, 9.17) is 5.84 Å². The standard InChI is InChI=1S/C14H22N6S/c1-13(2,3)10-16-8-7-9(17-10)21-12-19-18-11(20(12)15)14(4,5)6/h7-8H,15H2,1-6H3. The molecule has 0 aromatic carbocycles. The fourth-order valence-electron chi connectivity index (χ4n) is 1.71. The molecule has 0 spiro atoms. The van der Waals surface area contributed by atoms with Crippen LogP contribution in [0.3, 0.4) is 0 Å². The molecular weight excluding hydrogens is 284 g/mol. The number of nitrogens with zero attached hydrogens (tertiary/aromatic N) is 5. The summed E-state index contributed by atoms with van der Waals surface area (Å²) in [6.45, 7) is 12.4. The number of nitrogens with two attached hydrogens (primary N) is 1. The number of hydrogen-bond donors (Lipinski definition) is 1. The van der Waals surface area contributed by atoms with Crippen molar-refractivity contribution in [1.82, 2.24) is 24.8 Å². The van der Waals surface area contributed by atoms with Crippen molar-refractivity contribution >= 4 is 11.8 Å². The van der Waals surface area contributed by atoms with Gasteiger partial charge in [-0.3, -0.25) is 0 Å². The van der Waals surface area contributed by atoms with Crippen LogP contribution in [0, 0.1) is 0 Å². The Morgan fingerprint density at radius 3 is 2.24 bits per heavy atom. The van der Waals surface area contributed by atoms with Gasteiger partial charge in [-0.15, -0.1) is 10.2 Å². The second-order valence-corrected chi connectivity index (χ2v) is 7.98. The van der Waals surface area contributed by atoms with E-state index in [2.05, 4.69) is 61.7 Å². The highest BCUT2D eigenvalue weighted by atomic mass is 32.2. The van der Waals surface area contributed by atoms with Gasteiger partial charge in [0.05, 0.1) is 0 Å². The van der Waals surface area contributed by atoms with E-state index in [1.807, 2.05) is 6.07 Å². The third-order valence-electron chi connectivity index (χ3n) is 2.83. The minimum atomic E-state index is -0.150. The highest BCUT2D eigenvalue weighted by Crippen LogP contribution is 2.28. The SMILES string of the molecule is CC(C)(C)c1nccc(Sc2nnc(C(C)(C)C)n2N)n1. The van der Waals surface area contributed by atoms with Crippen LogP contribution in [0.1, 0.15) is 53.2 Å². The van der Waals surface area contributed by atoms with E-state index in [9.17, 15) is 0 Å². The predicted octanol–water partition coefficient (Wildman–Crippen LogP) is 2.53. The van der Waals surface area contributed by atoms with Crippen molar-refractivity contribution in [1.29, 1.82) is 0 Å². The van der Waals surface area contributed by atoms with Crippen LogP contribution in [0.4, 0.5) is 0 Å². The van der Waals surface area contributed by atoms with Gasteiger partial charge in [0.25, 0.3) is 0 Å². The minimum absolute atomic E-state index is 0.0937. The van der Waals surface area contributed by atoms with E-state index in [-0.39, 0.29) is 10.8 Å². The summed E-state index contributed by atoms with van der Waals surface area (Å²) in [4.78, 5) is 8.89. The van der Waals surface area contributed by atoms with Gasteiger partial charge in [-0.05, 0) is 17.8 Å². The average Bonchev–Trinajstić information content (AvgIpc) is 2.70. The van der Waals surface area contributed by atoms with Crippen LogP contribution in [0.5, 0.6) is 0 Å². The number of rotatable bonds is 2. The van der Waals surface area contributed by atoms with Crippen LogP contribution in [0.2, 0.25) is 0 Å². The van der Waals surface area contributed by atoms with Gasteiger partial charge >= 0.3 is 0 Å². The molecule has 0 saturated heterocycles.